The molecule has 4 N–H and O–H groups in total. The monoisotopic (exact) mass is 345 g/mol. The molecule has 1 aliphatic heterocycles. The van der Waals surface area contributed by atoms with Crippen LogP contribution in [-0.2, 0) is 9.59 Å². The number of rotatable bonds is 3. The van der Waals surface area contributed by atoms with Crippen molar-refractivity contribution in [1.82, 2.24) is 9.88 Å². The summed E-state index contributed by atoms with van der Waals surface area (Å²) in [5.74, 6) is -2.51. The summed E-state index contributed by atoms with van der Waals surface area (Å²) in [5, 5.41) is 16.2. The van der Waals surface area contributed by atoms with Crippen LogP contribution in [0.25, 0.3) is 5.57 Å². The van der Waals surface area contributed by atoms with E-state index in [1.807, 2.05) is 0 Å². The van der Waals surface area contributed by atoms with Gasteiger partial charge in [-0.15, -0.1) is 0 Å². The Morgan fingerprint density at radius 3 is 2.41 bits per heavy atom. The molecular weight excluding hydrogens is 330 g/mol. The van der Waals surface area contributed by atoms with Crippen LogP contribution in [0.3, 0.4) is 0 Å². The molecule has 0 fully saturated rings. The van der Waals surface area contributed by atoms with E-state index in [1.165, 1.54) is 16.9 Å². The van der Waals surface area contributed by atoms with E-state index in [0.717, 1.165) is 25.2 Å². The molecule has 1 aliphatic rings. The van der Waals surface area contributed by atoms with Crippen LogP contribution in [0, 0.1) is 0 Å². The Kier molecular flexibility index (Phi) is 7.03. The highest BCUT2D eigenvalue weighted by atomic mass is 35.5. The number of hydrogen-bond acceptors (Lipinski definition) is 6. The van der Waals surface area contributed by atoms with Gasteiger partial charge in [-0.2, -0.15) is 0 Å². The maximum absolute atomic E-state index is 9.55. The standard InChI is InChI=1S/C9H12ClN3S.C4H4O4/c1-13-4-2-3-6(5-13)7-8(10)14-9(11)12-7;5-3(6)1-2-4(7)8/h3H,2,4-5H2,1H3,(H2,11,12);1-2H,(H,5,6)(H,7,8)/b;2-1+. The third-order valence-corrected chi connectivity index (χ3v) is 3.70. The van der Waals surface area contributed by atoms with Crippen molar-refractivity contribution in [2.24, 2.45) is 0 Å². The second-order valence-corrected chi connectivity index (χ2v) is 6.07. The normalized spacial score (nSPS) is 15.1. The van der Waals surface area contributed by atoms with E-state index < -0.39 is 11.9 Å². The number of nitrogen functional groups attached to an aromatic ring is 1. The first-order chi connectivity index (χ1) is 10.3. The molecule has 2 rings (SSSR count). The molecule has 22 heavy (non-hydrogen) atoms. The second-order valence-electron chi connectivity index (χ2n) is 4.44. The van der Waals surface area contributed by atoms with E-state index in [0.29, 0.717) is 21.6 Å². The van der Waals surface area contributed by atoms with Crippen LogP contribution < -0.4 is 5.73 Å². The smallest absolute Gasteiger partial charge is 0.328 e. The SMILES string of the molecule is CN1CCC=C(c2nc(N)sc2Cl)C1.O=C(O)/C=C/C(=O)O. The summed E-state index contributed by atoms with van der Waals surface area (Å²) >= 11 is 7.38. The molecule has 9 heteroatoms. The molecule has 7 nitrogen and oxygen atoms in total. The number of aromatic nitrogens is 1. The van der Waals surface area contributed by atoms with Gasteiger partial charge in [0.05, 0.1) is 5.69 Å². The van der Waals surface area contributed by atoms with Crippen LogP contribution in [0.1, 0.15) is 12.1 Å². The van der Waals surface area contributed by atoms with Crippen molar-refractivity contribution in [3.05, 3.63) is 28.3 Å². The van der Waals surface area contributed by atoms with Crippen LogP contribution in [0.4, 0.5) is 5.13 Å². The van der Waals surface area contributed by atoms with Crippen LogP contribution in [0.15, 0.2) is 18.2 Å². The van der Waals surface area contributed by atoms with Gasteiger partial charge < -0.3 is 20.8 Å². The Morgan fingerprint density at radius 2 is 2.00 bits per heavy atom. The topological polar surface area (TPSA) is 117 Å². The first-order valence-electron chi connectivity index (χ1n) is 6.23. The Balaban J connectivity index is 0.000000261. The summed E-state index contributed by atoms with van der Waals surface area (Å²) in [6.07, 6.45) is 4.37. The summed E-state index contributed by atoms with van der Waals surface area (Å²) in [4.78, 5) is 25.6. The number of carbonyl (C=O) groups is 2. The predicted octanol–water partition coefficient (Wildman–Crippen LogP) is 1.81. The van der Waals surface area contributed by atoms with Gasteiger partial charge in [0.15, 0.2) is 5.13 Å². The fraction of sp³-hybridized carbons (Fsp3) is 0.308. The van der Waals surface area contributed by atoms with E-state index in [4.69, 9.17) is 27.5 Å². The van der Waals surface area contributed by atoms with Crippen molar-refractivity contribution in [2.45, 2.75) is 6.42 Å². The number of nitrogens with zero attached hydrogens (tertiary/aromatic N) is 2. The number of anilines is 1. The number of halogens is 1. The fourth-order valence-electron chi connectivity index (χ4n) is 1.72. The third-order valence-electron chi connectivity index (χ3n) is 2.62. The molecule has 1 aromatic heterocycles. The van der Waals surface area contributed by atoms with Crippen LogP contribution in [0.5, 0.6) is 0 Å². The lowest BCUT2D eigenvalue weighted by molar-refractivity contribution is -0.134. The summed E-state index contributed by atoms with van der Waals surface area (Å²) in [7, 11) is 2.09. The highest BCUT2D eigenvalue weighted by Crippen LogP contribution is 2.32. The Labute approximate surface area is 136 Å². The van der Waals surface area contributed by atoms with Crippen molar-refractivity contribution in [2.75, 3.05) is 25.9 Å². The van der Waals surface area contributed by atoms with Crippen molar-refractivity contribution >= 4 is 45.6 Å². The summed E-state index contributed by atoms with van der Waals surface area (Å²) < 4.78 is 0.698. The zero-order chi connectivity index (χ0) is 16.7. The average molecular weight is 346 g/mol. The molecule has 0 unspecified atom stereocenters. The van der Waals surface area contributed by atoms with Gasteiger partial charge >= 0.3 is 11.9 Å². The van der Waals surface area contributed by atoms with E-state index in [1.54, 1.807) is 0 Å². The van der Waals surface area contributed by atoms with Crippen molar-refractivity contribution in [3.63, 3.8) is 0 Å². The number of likely N-dealkylation sites (N-methyl/N-ethyl adjacent to an activating group) is 1. The molecule has 0 saturated heterocycles. The van der Waals surface area contributed by atoms with E-state index in [-0.39, 0.29) is 0 Å². The Bertz CT molecular complexity index is 596. The number of aliphatic carboxylic acids is 2. The van der Waals surface area contributed by atoms with Crippen molar-refractivity contribution in [3.8, 4) is 0 Å². The molecule has 0 aromatic carbocycles. The van der Waals surface area contributed by atoms with E-state index >= 15 is 0 Å². The van der Waals surface area contributed by atoms with Crippen LogP contribution in [-0.4, -0.2) is 52.2 Å². The Morgan fingerprint density at radius 1 is 1.41 bits per heavy atom. The maximum Gasteiger partial charge on any atom is 0.328 e. The minimum atomic E-state index is -1.26. The van der Waals surface area contributed by atoms with Gasteiger partial charge in [-0.25, -0.2) is 14.6 Å². The molecule has 0 atom stereocenters. The number of hydrogen-bond donors (Lipinski definition) is 3. The molecule has 2 heterocycles. The number of carboxylic acids is 2. The van der Waals surface area contributed by atoms with Gasteiger partial charge in [-0.3, -0.25) is 0 Å². The molecular formula is C13H16ClN3O4S. The van der Waals surface area contributed by atoms with Gasteiger partial charge in [0.2, 0.25) is 0 Å². The number of thiazole rings is 1. The molecule has 0 radical (unpaired) electrons. The first kappa shape index (κ1) is 18.1. The fourth-order valence-corrected chi connectivity index (χ4v) is 2.72. The summed E-state index contributed by atoms with van der Waals surface area (Å²) in [6, 6.07) is 0. The van der Waals surface area contributed by atoms with Gasteiger partial charge in [-0.05, 0) is 19.0 Å². The highest BCUT2D eigenvalue weighted by molar-refractivity contribution is 7.19. The van der Waals surface area contributed by atoms with Crippen LogP contribution >= 0.6 is 22.9 Å². The molecule has 0 amide bonds. The van der Waals surface area contributed by atoms with E-state index in [9.17, 15) is 9.59 Å². The molecule has 0 saturated carbocycles. The zero-order valence-corrected chi connectivity index (χ0v) is 13.4. The van der Waals surface area contributed by atoms with Crippen molar-refractivity contribution in [1.29, 1.82) is 0 Å². The van der Waals surface area contributed by atoms with Crippen LogP contribution in [0.2, 0.25) is 4.34 Å². The van der Waals surface area contributed by atoms with Gasteiger partial charge in [0, 0.05) is 25.2 Å². The number of carboxylic acid groups (broad SMARTS) is 2. The molecule has 120 valence electrons. The number of nitrogens with two attached hydrogens (primary N) is 1. The maximum atomic E-state index is 9.55. The Hall–Kier alpha value is -1.90. The lowest BCUT2D eigenvalue weighted by Crippen LogP contribution is -2.25. The molecule has 0 spiro atoms. The zero-order valence-electron chi connectivity index (χ0n) is 11.8. The largest absolute Gasteiger partial charge is 0.478 e. The summed E-state index contributed by atoms with van der Waals surface area (Å²) in [5.41, 5.74) is 7.66. The van der Waals surface area contributed by atoms with E-state index in [2.05, 4.69) is 23.0 Å². The average Bonchev–Trinajstić information content (AvgIpc) is 2.76. The predicted molar refractivity (Wildman–Crippen MR) is 86.0 cm³/mol. The quantitative estimate of drug-likeness (QED) is 0.715. The van der Waals surface area contributed by atoms with Crippen molar-refractivity contribution < 1.29 is 19.8 Å². The molecule has 0 bridgehead atoms. The van der Waals surface area contributed by atoms with Gasteiger partial charge in [0.1, 0.15) is 4.34 Å². The minimum Gasteiger partial charge on any atom is -0.478 e. The molecule has 0 aliphatic carbocycles. The summed E-state index contributed by atoms with van der Waals surface area (Å²) in [6.45, 7) is 2.00. The lowest BCUT2D eigenvalue weighted by Gasteiger charge is -2.21. The molecule has 1 aromatic rings. The van der Waals surface area contributed by atoms with Gasteiger partial charge in [0.25, 0.3) is 0 Å². The second kappa shape index (κ2) is 8.52. The van der Waals surface area contributed by atoms with Gasteiger partial charge in [-0.1, -0.05) is 29.0 Å². The lowest BCUT2D eigenvalue weighted by atomic mass is 10.1. The first-order valence-corrected chi connectivity index (χ1v) is 7.42. The minimum absolute atomic E-state index is 0.541. The third kappa shape index (κ3) is 6.25. The highest BCUT2D eigenvalue weighted by Gasteiger charge is 2.16.